The Bertz CT molecular complexity index is 932. The summed E-state index contributed by atoms with van der Waals surface area (Å²) in [4.78, 5) is 12.7. The molecule has 0 amide bonds. The van der Waals surface area contributed by atoms with Crippen molar-refractivity contribution in [3.8, 4) is 0 Å². The normalized spacial score (nSPS) is 12.6. The molecule has 0 aliphatic heterocycles. The minimum absolute atomic E-state index is 0.0989. The molecular formula is C20H23ClN2O3. The Morgan fingerprint density at radius 1 is 1.08 bits per heavy atom. The van der Waals surface area contributed by atoms with Crippen molar-refractivity contribution in [2.24, 2.45) is 0 Å². The van der Waals surface area contributed by atoms with Crippen molar-refractivity contribution < 1.29 is 9.84 Å². The molecule has 0 saturated heterocycles. The maximum absolute atomic E-state index is 12.7. The fourth-order valence-electron chi connectivity index (χ4n) is 3.07. The number of imidazole rings is 1. The first kappa shape index (κ1) is 18.7. The molecule has 0 aliphatic rings. The van der Waals surface area contributed by atoms with E-state index in [2.05, 4.69) is 0 Å². The molecule has 0 aliphatic carbocycles. The fourth-order valence-corrected chi connectivity index (χ4v) is 3.26. The van der Waals surface area contributed by atoms with E-state index in [1.54, 1.807) is 15.2 Å². The van der Waals surface area contributed by atoms with Crippen molar-refractivity contribution in [1.82, 2.24) is 9.13 Å². The van der Waals surface area contributed by atoms with Crippen molar-refractivity contribution in [3.63, 3.8) is 0 Å². The number of nitrogens with zero attached hydrogens (tertiary/aromatic N) is 2. The van der Waals surface area contributed by atoms with E-state index >= 15 is 0 Å². The monoisotopic (exact) mass is 374 g/mol. The first-order chi connectivity index (χ1) is 12.6. The van der Waals surface area contributed by atoms with Gasteiger partial charge in [-0.15, -0.1) is 0 Å². The molecule has 0 radical (unpaired) electrons. The van der Waals surface area contributed by atoms with Gasteiger partial charge in [0, 0.05) is 11.6 Å². The van der Waals surface area contributed by atoms with E-state index in [0.29, 0.717) is 18.2 Å². The van der Waals surface area contributed by atoms with Crippen LogP contribution in [0.5, 0.6) is 0 Å². The van der Waals surface area contributed by atoms with Crippen LogP contribution < -0.4 is 5.69 Å². The fraction of sp³-hybridized carbons (Fsp3) is 0.350. The number of hydrogen-bond donors (Lipinski definition) is 1. The molecule has 3 rings (SSSR count). The zero-order valence-electron chi connectivity index (χ0n) is 14.8. The molecule has 1 N–H and O–H groups in total. The van der Waals surface area contributed by atoms with Crippen LogP contribution in [0.15, 0.2) is 53.3 Å². The zero-order chi connectivity index (χ0) is 18.5. The van der Waals surface area contributed by atoms with Gasteiger partial charge in [0.15, 0.2) is 0 Å². The molecule has 5 nitrogen and oxygen atoms in total. The second kappa shape index (κ2) is 8.54. The molecule has 1 atom stereocenters. The van der Waals surface area contributed by atoms with Crippen LogP contribution in [0.3, 0.4) is 0 Å². The smallest absolute Gasteiger partial charge is 0.329 e. The lowest BCUT2D eigenvalue weighted by Crippen LogP contribution is -2.30. The quantitative estimate of drug-likeness (QED) is 0.657. The zero-order valence-corrected chi connectivity index (χ0v) is 15.5. The Labute approximate surface area is 157 Å². The molecule has 0 fully saturated rings. The lowest BCUT2D eigenvalue weighted by Gasteiger charge is -2.13. The minimum atomic E-state index is -0.781. The minimum Gasteiger partial charge on any atom is -0.389 e. The summed E-state index contributed by atoms with van der Waals surface area (Å²) in [6, 6.07) is 15.1. The third-order valence-corrected chi connectivity index (χ3v) is 4.66. The highest BCUT2D eigenvalue weighted by Gasteiger charge is 2.15. The molecule has 0 unspecified atom stereocenters. The molecule has 0 saturated carbocycles. The van der Waals surface area contributed by atoms with Gasteiger partial charge in [-0.3, -0.25) is 9.13 Å². The number of hydrogen-bond acceptors (Lipinski definition) is 3. The maximum Gasteiger partial charge on any atom is 0.329 e. The van der Waals surface area contributed by atoms with Crippen LogP contribution in [0.2, 0.25) is 5.02 Å². The lowest BCUT2D eigenvalue weighted by molar-refractivity contribution is 0.0204. The summed E-state index contributed by atoms with van der Waals surface area (Å²) < 4.78 is 8.96. The molecule has 2 aromatic carbocycles. The van der Waals surface area contributed by atoms with E-state index in [-0.39, 0.29) is 18.8 Å². The van der Waals surface area contributed by atoms with Crippen LogP contribution in [-0.2, 0) is 24.4 Å². The summed E-state index contributed by atoms with van der Waals surface area (Å²) in [5, 5.41) is 11.0. The topological polar surface area (TPSA) is 56.4 Å². The Balaban J connectivity index is 1.69. The van der Waals surface area contributed by atoms with Crippen LogP contribution >= 0.6 is 11.6 Å². The largest absolute Gasteiger partial charge is 0.389 e. The second-order valence-corrected chi connectivity index (χ2v) is 6.70. The van der Waals surface area contributed by atoms with Gasteiger partial charge in [0.05, 0.1) is 36.9 Å². The van der Waals surface area contributed by atoms with E-state index in [1.807, 2.05) is 49.4 Å². The number of aromatic nitrogens is 2. The van der Waals surface area contributed by atoms with Crippen LogP contribution in [0.4, 0.5) is 0 Å². The Morgan fingerprint density at radius 3 is 2.42 bits per heavy atom. The number of fused-ring (bicyclic) bond motifs is 1. The first-order valence-corrected chi connectivity index (χ1v) is 9.17. The average Bonchev–Trinajstić information content (AvgIpc) is 2.90. The van der Waals surface area contributed by atoms with Crippen LogP contribution in [0.25, 0.3) is 11.0 Å². The number of ether oxygens (including phenoxy) is 1. The number of benzene rings is 2. The van der Waals surface area contributed by atoms with Gasteiger partial charge in [0.2, 0.25) is 0 Å². The summed E-state index contributed by atoms with van der Waals surface area (Å²) in [7, 11) is 0. The van der Waals surface area contributed by atoms with Gasteiger partial charge in [-0.1, -0.05) is 48.9 Å². The van der Waals surface area contributed by atoms with E-state index in [4.69, 9.17) is 16.3 Å². The second-order valence-electron chi connectivity index (χ2n) is 6.29. The Morgan fingerprint density at radius 2 is 1.73 bits per heavy atom. The Kier molecular flexibility index (Phi) is 6.14. The summed E-state index contributed by atoms with van der Waals surface area (Å²) >= 11 is 6.10. The van der Waals surface area contributed by atoms with Crippen LogP contribution in [-0.4, -0.2) is 27.0 Å². The predicted molar refractivity (Wildman–Crippen MR) is 104 cm³/mol. The third-order valence-electron chi connectivity index (χ3n) is 4.29. The van der Waals surface area contributed by atoms with Gasteiger partial charge in [-0.25, -0.2) is 4.79 Å². The lowest BCUT2D eigenvalue weighted by atomic mass is 10.2. The molecule has 138 valence electrons. The van der Waals surface area contributed by atoms with Gasteiger partial charge < -0.3 is 9.84 Å². The SMILES string of the molecule is CCCn1c(=O)n(C[C@H](O)COCc2ccccc2Cl)c2ccccc21. The molecule has 1 aromatic heterocycles. The van der Waals surface area contributed by atoms with E-state index in [1.165, 1.54) is 0 Å². The molecule has 0 spiro atoms. The average molecular weight is 375 g/mol. The van der Waals surface area contributed by atoms with E-state index in [9.17, 15) is 9.90 Å². The number of aliphatic hydroxyl groups excluding tert-OH is 1. The number of aliphatic hydroxyl groups is 1. The van der Waals surface area contributed by atoms with Crippen LogP contribution in [0.1, 0.15) is 18.9 Å². The van der Waals surface area contributed by atoms with Gasteiger partial charge in [-0.05, 0) is 30.2 Å². The van der Waals surface area contributed by atoms with E-state index < -0.39 is 6.10 Å². The van der Waals surface area contributed by atoms with Crippen molar-refractivity contribution in [2.75, 3.05) is 6.61 Å². The molecular weight excluding hydrogens is 352 g/mol. The molecule has 1 heterocycles. The molecule has 6 heteroatoms. The highest BCUT2D eigenvalue weighted by atomic mass is 35.5. The molecule has 3 aromatic rings. The van der Waals surface area contributed by atoms with Gasteiger partial charge in [-0.2, -0.15) is 0 Å². The van der Waals surface area contributed by atoms with Gasteiger partial charge >= 0.3 is 5.69 Å². The van der Waals surface area contributed by atoms with Crippen molar-refractivity contribution in [3.05, 3.63) is 69.6 Å². The Hall–Kier alpha value is -2.08. The first-order valence-electron chi connectivity index (χ1n) is 8.79. The van der Waals surface area contributed by atoms with Gasteiger partial charge in [0.1, 0.15) is 0 Å². The summed E-state index contributed by atoms with van der Waals surface area (Å²) in [5.74, 6) is 0. The predicted octanol–water partition coefficient (Wildman–Crippen LogP) is 3.44. The van der Waals surface area contributed by atoms with Crippen molar-refractivity contribution in [2.45, 2.75) is 39.1 Å². The van der Waals surface area contributed by atoms with E-state index in [0.717, 1.165) is 23.0 Å². The number of aryl methyl sites for hydroxylation is 1. The third kappa shape index (κ3) is 4.01. The van der Waals surface area contributed by atoms with Crippen molar-refractivity contribution in [1.29, 1.82) is 0 Å². The number of para-hydroxylation sites is 2. The highest BCUT2D eigenvalue weighted by Crippen LogP contribution is 2.16. The molecule has 26 heavy (non-hydrogen) atoms. The number of halogens is 1. The summed E-state index contributed by atoms with van der Waals surface area (Å²) in [6.45, 7) is 3.34. The van der Waals surface area contributed by atoms with Crippen molar-refractivity contribution >= 4 is 22.6 Å². The summed E-state index contributed by atoms with van der Waals surface area (Å²) in [6.07, 6.45) is 0.0910. The van der Waals surface area contributed by atoms with Crippen LogP contribution in [0, 0.1) is 0 Å². The highest BCUT2D eigenvalue weighted by molar-refractivity contribution is 6.31. The summed E-state index contributed by atoms with van der Waals surface area (Å²) in [5.41, 5.74) is 2.50. The van der Waals surface area contributed by atoms with Gasteiger partial charge in [0.25, 0.3) is 0 Å². The standard InChI is InChI=1S/C20H23ClN2O3/c1-2-11-22-18-9-5-6-10-19(18)23(20(22)25)12-16(24)14-26-13-15-7-3-4-8-17(15)21/h3-10,16,24H,2,11-14H2,1H3/t16-/m0/s1. The maximum atomic E-state index is 12.7. The number of rotatable bonds is 8. The molecule has 0 bridgehead atoms.